The molecule has 4 fully saturated rings. The highest BCUT2D eigenvalue weighted by molar-refractivity contribution is 14.1. The van der Waals surface area contributed by atoms with Gasteiger partial charge in [0.15, 0.2) is 3.42 Å². The summed E-state index contributed by atoms with van der Waals surface area (Å²) in [6, 6.07) is 0. The van der Waals surface area contributed by atoms with E-state index in [1.807, 2.05) is 6.92 Å². The summed E-state index contributed by atoms with van der Waals surface area (Å²) >= 11 is 2.20. The van der Waals surface area contributed by atoms with Crippen LogP contribution in [0.15, 0.2) is 0 Å². The Morgan fingerprint density at radius 3 is 2.48 bits per heavy atom. The highest BCUT2D eigenvalue weighted by atomic mass is 127. The molecule has 2 saturated carbocycles. The number of carbonyl (C=O) groups excluding carboxylic acids is 1. The van der Waals surface area contributed by atoms with Crippen molar-refractivity contribution >= 4 is 28.6 Å². The number of nitrogens with one attached hydrogen (secondary N) is 2. The molecule has 0 aromatic rings. The minimum Gasteiger partial charge on any atom is -0.461 e. The lowest BCUT2D eigenvalue weighted by Gasteiger charge is -2.39. The van der Waals surface area contributed by atoms with Crippen LogP contribution in [0.5, 0.6) is 0 Å². The van der Waals surface area contributed by atoms with Gasteiger partial charge in [0.25, 0.3) is 0 Å². The van der Waals surface area contributed by atoms with Gasteiger partial charge >= 0.3 is 5.97 Å². The lowest BCUT2D eigenvalue weighted by Crippen LogP contribution is -2.50. The second-order valence-corrected chi connectivity index (χ2v) is 9.91. The van der Waals surface area contributed by atoms with E-state index in [1.54, 1.807) is 0 Å². The zero-order valence-corrected chi connectivity index (χ0v) is 14.8. The summed E-state index contributed by atoms with van der Waals surface area (Å²) in [5.74, 6) is 0.745. The Labute approximate surface area is 138 Å². The fraction of sp³-hybridized carbons (Fsp3) is 0.933. The molecule has 21 heavy (non-hydrogen) atoms. The van der Waals surface area contributed by atoms with Gasteiger partial charge in [-0.15, -0.1) is 0 Å². The van der Waals surface area contributed by atoms with Crippen molar-refractivity contribution in [3.05, 3.63) is 0 Å². The number of hydrogen-bond acceptors (Lipinski definition) is 5. The maximum absolute atomic E-state index is 12.5. The largest absolute Gasteiger partial charge is 0.461 e. The van der Waals surface area contributed by atoms with E-state index in [1.165, 1.54) is 0 Å². The van der Waals surface area contributed by atoms with Gasteiger partial charge in [-0.05, 0) is 43.9 Å². The van der Waals surface area contributed by atoms with E-state index in [9.17, 15) is 9.90 Å². The van der Waals surface area contributed by atoms with Crippen molar-refractivity contribution in [3.8, 4) is 0 Å². The Bertz CT molecular complexity index is 503. The Balaban J connectivity index is 1.41. The van der Waals surface area contributed by atoms with Gasteiger partial charge in [0.05, 0.1) is 11.8 Å². The fourth-order valence-corrected chi connectivity index (χ4v) is 5.22. The van der Waals surface area contributed by atoms with Crippen LogP contribution in [0.1, 0.15) is 40.0 Å². The van der Waals surface area contributed by atoms with Gasteiger partial charge in [-0.3, -0.25) is 15.4 Å². The van der Waals surface area contributed by atoms with E-state index in [4.69, 9.17) is 4.74 Å². The molecule has 0 aromatic heterocycles. The third-order valence-electron chi connectivity index (χ3n) is 6.32. The van der Waals surface area contributed by atoms with Crippen LogP contribution < -0.4 is 10.6 Å². The van der Waals surface area contributed by atoms with E-state index in [2.05, 4.69) is 47.1 Å². The molecular formula is C15H23IN2O3. The maximum Gasteiger partial charge on any atom is 0.325 e. The number of aliphatic hydroxyl groups is 1. The number of esters is 1. The van der Waals surface area contributed by atoms with Crippen molar-refractivity contribution in [1.29, 1.82) is 0 Å². The van der Waals surface area contributed by atoms with Crippen molar-refractivity contribution in [2.45, 2.75) is 67.0 Å². The molecule has 5 unspecified atom stereocenters. The van der Waals surface area contributed by atoms with Crippen LogP contribution in [0.3, 0.4) is 0 Å². The van der Waals surface area contributed by atoms with Gasteiger partial charge in [-0.25, -0.2) is 0 Å². The van der Waals surface area contributed by atoms with Crippen LogP contribution in [0.4, 0.5) is 0 Å². The first kappa shape index (κ1) is 14.7. The number of alkyl halides is 1. The van der Waals surface area contributed by atoms with Gasteiger partial charge in [0.1, 0.15) is 11.8 Å². The van der Waals surface area contributed by atoms with Crippen LogP contribution in [0.2, 0.25) is 0 Å². The summed E-state index contributed by atoms with van der Waals surface area (Å²) < 4.78 is 5.27. The van der Waals surface area contributed by atoms with E-state index >= 15 is 0 Å². The monoisotopic (exact) mass is 406 g/mol. The van der Waals surface area contributed by atoms with Gasteiger partial charge < -0.3 is 9.84 Å². The Morgan fingerprint density at radius 1 is 1.43 bits per heavy atom. The molecule has 2 aliphatic carbocycles. The maximum atomic E-state index is 12.5. The highest BCUT2D eigenvalue weighted by Crippen LogP contribution is 2.56. The average molecular weight is 406 g/mol. The lowest BCUT2D eigenvalue weighted by atomic mass is 9.75. The molecule has 2 aliphatic heterocycles. The molecule has 0 amide bonds. The molecule has 6 heteroatoms. The van der Waals surface area contributed by atoms with Gasteiger partial charge in [0, 0.05) is 0 Å². The summed E-state index contributed by atoms with van der Waals surface area (Å²) in [5, 5.41) is 17.3. The van der Waals surface area contributed by atoms with Crippen molar-refractivity contribution in [2.24, 2.45) is 17.8 Å². The summed E-state index contributed by atoms with van der Waals surface area (Å²) in [7, 11) is 0. The van der Waals surface area contributed by atoms with Gasteiger partial charge in [-0.1, -0.05) is 36.4 Å². The quantitative estimate of drug-likeness (QED) is 0.282. The molecule has 0 radical (unpaired) electrons. The van der Waals surface area contributed by atoms with Gasteiger partial charge in [-0.2, -0.15) is 0 Å². The minimum absolute atomic E-state index is 0.0111. The number of carbonyl (C=O) groups is 1. The number of rotatable bonds is 4. The molecule has 4 rings (SSSR count). The van der Waals surface area contributed by atoms with Crippen LogP contribution >= 0.6 is 22.6 Å². The van der Waals surface area contributed by atoms with E-state index in [-0.39, 0.29) is 35.7 Å². The molecule has 118 valence electrons. The van der Waals surface area contributed by atoms with Crippen LogP contribution in [0, 0.1) is 17.8 Å². The minimum atomic E-state index is -0.564. The third-order valence-corrected chi connectivity index (χ3v) is 7.61. The normalized spacial score (nSPS) is 52.5. The summed E-state index contributed by atoms with van der Waals surface area (Å²) in [5.41, 5.74) is -0.776. The first-order valence-electron chi connectivity index (χ1n) is 7.88. The average Bonchev–Trinajstić information content (AvgIpc) is 3.18. The topological polar surface area (TPSA) is 90.4 Å². The van der Waals surface area contributed by atoms with Crippen molar-refractivity contribution in [2.75, 3.05) is 0 Å². The Kier molecular flexibility index (Phi) is 2.88. The number of halogens is 1. The van der Waals surface area contributed by atoms with Crippen LogP contribution in [-0.2, 0) is 9.53 Å². The standard InChI is InChI=1S/C15H23IN2O3/c1-7(2)14(20)6-8-4-9(14)5-10(8)21-12(19)13(3,16)15-11(17-15)18-15/h7-11,17-18,20H,4-6H2,1-3H3. The Morgan fingerprint density at radius 2 is 2.05 bits per heavy atom. The number of ether oxygens (including phenoxy) is 1. The molecule has 2 heterocycles. The lowest BCUT2D eigenvalue weighted by molar-refractivity contribution is -0.158. The molecule has 5 nitrogen and oxygen atoms in total. The molecule has 2 saturated heterocycles. The molecule has 5 atom stereocenters. The molecular weight excluding hydrogens is 383 g/mol. The number of hydrogen-bond donors (Lipinski definition) is 3. The Hall–Kier alpha value is 0.0800. The SMILES string of the molecule is CC(C)C1(O)CC2CC1CC2OC(=O)C(C)(I)C12NC1N2. The zero-order chi connectivity index (χ0) is 15.2. The van der Waals surface area contributed by atoms with E-state index < -0.39 is 9.02 Å². The summed E-state index contributed by atoms with van der Waals surface area (Å²) in [6.07, 6.45) is 2.86. The third kappa shape index (κ3) is 1.82. The molecule has 4 aliphatic rings. The molecule has 3 N–H and O–H groups in total. The fourth-order valence-electron chi connectivity index (χ4n) is 4.47. The van der Waals surface area contributed by atoms with Crippen LogP contribution in [-0.4, -0.2) is 38.0 Å². The summed E-state index contributed by atoms with van der Waals surface area (Å²) in [4.78, 5) is 12.5. The predicted octanol–water partition coefficient (Wildman–Crippen LogP) is 1.14. The van der Waals surface area contributed by atoms with Crippen LogP contribution in [0.25, 0.3) is 0 Å². The zero-order valence-electron chi connectivity index (χ0n) is 12.6. The van der Waals surface area contributed by atoms with E-state index in [0.717, 1.165) is 19.3 Å². The number of fused-ring (bicyclic) bond motifs is 3. The molecule has 2 bridgehead atoms. The second-order valence-electron chi connectivity index (χ2n) is 7.75. The molecule has 0 aromatic carbocycles. The van der Waals surface area contributed by atoms with Crippen molar-refractivity contribution < 1.29 is 14.6 Å². The van der Waals surface area contributed by atoms with Crippen molar-refractivity contribution in [3.63, 3.8) is 0 Å². The first-order valence-corrected chi connectivity index (χ1v) is 8.96. The molecule has 0 spiro atoms. The smallest absolute Gasteiger partial charge is 0.325 e. The first-order chi connectivity index (χ1) is 9.70. The predicted molar refractivity (Wildman–Crippen MR) is 85.7 cm³/mol. The van der Waals surface area contributed by atoms with Crippen molar-refractivity contribution in [1.82, 2.24) is 10.6 Å². The van der Waals surface area contributed by atoms with Gasteiger partial charge in [0.2, 0.25) is 0 Å². The second kappa shape index (κ2) is 4.13. The highest BCUT2D eigenvalue weighted by Gasteiger charge is 2.81. The van der Waals surface area contributed by atoms with E-state index in [0.29, 0.717) is 5.92 Å². The summed E-state index contributed by atoms with van der Waals surface area (Å²) in [6.45, 7) is 6.10.